The van der Waals surface area contributed by atoms with Crippen LogP contribution in [0, 0.1) is 0 Å². The maximum atomic E-state index is 12.2. The van der Waals surface area contributed by atoms with Gasteiger partial charge in [0.15, 0.2) is 0 Å². The monoisotopic (exact) mass is 252 g/mol. The van der Waals surface area contributed by atoms with Gasteiger partial charge in [0.1, 0.15) is 5.69 Å². The number of likely N-dealkylation sites (N-methyl/N-ethyl adjacent to an activating group) is 1. The zero-order chi connectivity index (χ0) is 13.5. The Kier molecular flexibility index (Phi) is 5.51. The minimum absolute atomic E-state index is 0.144. The lowest BCUT2D eigenvalue weighted by Gasteiger charge is -2.23. The molecule has 100 valence electrons. The Hall–Kier alpha value is -1.69. The van der Waals surface area contributed by atoms with Crippen molar-refractivity contribution in [2.24, 2.45) is 0 Å². The molecular formula is C12H20N4O2. The van der Waals surface area contributed by atoms with Crippen molar-refractivity contribution in [3.63, 3.8) is 0 Å². The van der Waals surface area contributed by atoms with Crippen molar-refractivity contribution in [2.45, 2.75) is 13.3 Å². The normalized spacial score (nSPS) is 10.7. The molecule has 1 aromatic heterocycles. The second kappa shape index (κ2) is 6.90. The summed E-state index contributed by atoms with van der Waals surface area (Å²) in [4.78, 5) is 26.9. The van der Waals surface area contributed by atoms with Gasteiger partial charge in [-0.2, -0.15) is 5.10 Å². The van der Waals surface area contributed by atoms with Gasteiger partial charge in [-0.3, -0.25) is 9.59 Å². The SMILES string of the molecule is CCCN(CCN(C)C)C(=O)c1ccc(=O)[nH]n1. The third-order valence-electron chi connectivity index (χ3n) is 2.50. The van der Waals surface area contributed by atoms with Gasteiger partial charge in [-0.1, -0.05) is 6.92 Å². The van der Waals surface area contributed by atoms with E-state index in [1.807, 2.05) is 25.9 Å². The van der Waals surface area contributed by atoms with Gasteiger partial charge in [0.25, 0.3) is 11.5 Å². The molecule has 0 spiro atoms. The van der Waals surface area contributed by atoms with Gasteiger partial charge >= 0.3 is 0 Å². The number of hydrogen-bond acceptors (Lipinski definition) is 4. The van der Waals surface area contributed by atoms with Crippen LogP contribution >= 0.6 is 0 Å². The first kappa shape index (κ1) is 14.4. The van der Waals surface area contributed by atoms with Crippen LogP contribution in [0.5, 0.6) is 0 Å². The molecule has 1 rings (SSSR count). The number of nitrogens with one attached hydrogen (secondary N) is 1. The highest BCUT2D eigenvalue weighted by molar-refractivity contribution is 5.92. The summed E-state index contributed by atoms with van der Waals surface area (Å²) in [6.45, 7) is 4.17. The van der Waals surface area contributed by atoms with Gasteiger partial charge in [-0.15, -0.1) is 0 Å². The topological polar surface area (TPSA) is 69.3 Å². The molecule has 18 heavy (non-hydrogen) atoms. The predicted molar refractivity (Wildman–Crippen MR) is 69.6 cm³/mol. The van der Waals surface area contributed by atoms with E-state index in [0.717, 1.165) is 13.0 Å². The molecule has 0 bridgehead atoms. The van der Waals surface area contributed by atoms with Crippen molar-refractivity contribution in [1.82, 2.24) is 20.0 Å². The quantitative estimate of drug-likeness (QED) is 0.784. The molecule has 0 saturated heterocycles. The third-order valence-corrected chi connectivity index (χ3v) is 2.50. The van der Waals surface area contributed by atoms with E-state index in [1.54, 1.807) is 4.90 Å². The molecule has 1 N–H and O–H groups in total. The number of nitrogens with zero attached hydrogens (tertiary/aromatic N) is 3. The zero-order valence-corrected chi connectivity index (χ0v) is 11.1. The highest BCUT2D eigenvalue weighted by Gasteiger charge is 2.16. The summed E-state index contributed by atoms with van der Waals surface area (Å²) < 4.78 is 0. The minimum atomic E-state index is -0.304. The molecule has 0 saturated carbocycles. The van der Waals surface area contributed by atoms with Crippen LogP contribution in [-0.2, 0) is 0 Å². The standard InChI is InChI=1S/C12H20N4O2/c1-4-7-16(9-8-15(2)3)12(18)10-5-6-11(17)14-13-10/h5-6H,4,7-9H2,1-3H3,(H,14,17). The summed E-state index contributed by atoms with van der Waals surface area (Å²) in [6, 6.07) is 2.77. The highest BCUT2D eigenvalue weighted by atomic mass is 16.2. The summed E-state index contributed by atoms with van der Waals surface area (Å²) in [5.74, 6) is -0.144. The Morgan fingerprint density at radius 1 is 1.28 bits per heavy atom. The van der Waals surface area contributed by atoms with Gasteiger partial charge in [-0.05, 0) is 26.6 Å². The van der Waals surface area contributed by atoms with E-state index in [-0.39, 0.29) is 17.2 Å². The average Bonchev–Trinajstić information content (AvgIpc) is 2.34. The first-order valence-corrected chi connectivity index (χ1v) is 6.04. The molecule has 0 aromatic carbocycles. The molecular weight excluding hydrogens is 232 g/mol. The second-order valence-electron chi connectivity index (χ2n) is 4.40. The van der Waals surface area contributed by atoms with Crippen LogP contribution in [0.25, 0.3) is 0 Å². The first-order chi connectivity index (χ1) is 8.54. The predicted octanol–water partition coefficient (Wildman–Crippen LogP) is 0.184. The lowest BCUT2D eigenvalue weighted by atomic mass is 10.3. The molecule has 6 heteroatoms. The average molecular weight is 252 g/mol. The fourth-order valence-corrected chi connectivity index (χ4v) is 1.53. The largest absolute Gasteiger partial charge is 0.336 e. The van der Waals surface area contributed by atoms with Crippen LogP contribution in [0.3, 0.4) is 0 Å². The van der Waals surface area contributed by atoms with Gasteiger partial charge < -0.3 is 9.80 Å². The molecule has 1 amide bonds. The molecule has 0 aliphatic rings. The minimum Gasteiger partial charge on any atom is -0.336 e. The van der Waals surface area contributed by atoms with Crippen LogP contribution in [-0.4, -0.2) is 59.6 Å². The van der Waals surface area contributed by atoms with Crippen molar-refractivity contribution >= 4 is 5.91 Å². The van der Waals surface area contributed by atoms with Crippen molar-refractivity contribution < 1.29 is 4.79 Å². The molecule has 0 fully saturated rings. The Balaban J connectivity index is 2.75. The van der Waals surface area contributed by atoms with Crippen LogP contribution in [0.15, 0.2) is 16.9 Å². The fourth-order valence-electron chi connectivity index (χ4n) is 1.53. The maximum absolute atomic E-state index is 12.2. The molecule has 6 nitrogen and oxygen atoms in total. The number of amides is 1. The van der Waals surface area contributed by atoms with Crippen LogP contribution in [0.4, 0.5) is 0 Å². The second-order valence-corrected chi connectivity index (χ2v) is 4.40. The molecule has 0 unspecified atom stereocenters. The maximum Gasteiger partial charge on any atom is 0.274 e. The number of hydrogen-bond donors (Lipinski definition) is 1. The lowest BCUT2D eigenvalue weighted by Crippen LogP contribution is -2.38. The number of aromatic nitrogens is 2. The highest BCUT2D eigenvalue weighted by Crippen LogP contribution is 2.01. The number of carbonyl (C=O) groups is 1. The Morgan fingerprint density at radius 2 is 2.00 bits per heavy atom. The number of aromatic amines is 1. The van der Waals surface area contributed by atoms with E-state index in [4.69, 9.17) is 0 Å². The van der Waals surface area contributed by atoms with Crippen LogP contribution in [0.1, 0.15) is 23.8 Å². The number of rotatable bonds is 6. The zero-order valence-electron chi connectivity index (χ0n) is 11.1. The van der Waals surface area contributed by atoms with Crippen molar-refractivity contribution in [3.05, 3.63) is 28.2 Å². The smallest absolute Gasteiger partial charge is 0.274 e. The Morgan fingerprint density at radius 3 is 2.50 bits per heavy atom. The summed E-state index contributed by atoms with van der Waals surface area (Å²) in [7, 11) is 3.93. The Labute approximate surface area is 107 Å². The van der Waals surface area contributed by atoms with Gasteiger partial charge in [0.2, 0.25) is 0 Å². The molecule has 0 aliphatic heterocycles. The van der Waals surface area contributed by atoms with Gasteiger partial charge in [0, 0.05) is 25.7 Å². The summed E-state index contributed by atoms with van der Waals surface area (Å²) in [5.41, 5.74) is -0.0244. The molecule has 0 atom stereocenters. The first-order valence-electron chi connectivity index (χ1n) is 6.04. The lowest BCUT2D eigenvalue weighted by molar-refractivity contribution is 0.0737. The Bertz CT molecular complexity index is 421. The van der Waals surface area contributed by atoms with E-state index in [9.17, 15) is 9.59 Å². The van der Waals surface area contributed by atoms with Crippen molar-refractivity contribution in [1.29, 1.82) is 0 Å². The summed E-state index contributed by atoms with van der Waals surface area (Å²) in [5, 5.41) is 6.05. The summed E-state index contributed by atoms with van der Waals surface area (Å²) >= 11 is 0. The van der Waals surface area contributed by atoms with Gasteiger partial charge in [0.05, 0.1) is 0 Å². The van der Waals surface area contributed by atoms with E-state index in [1.165, 1.54) is 12.1 Å². The van der Waals surface area contributed by atoms with Crippen LogP contribution < -0.4 is 5.56 Å². The van der Waals surface area contributed by atoms with Gasteiger partial charge in [-0.25, -0.2) is 5.10 Å². The van der Waals surface area contributed by atoms with E-state index < -0.39 is 0 Å². The fraction of sp³-hybridized carbons (Fsp3) is 0.583. The molecule has 0 aliphatic carbocycles. The number of carbonyl (C=O) groups excluding carboxylic acids is 1. The van der Waals surface area contributed by atoms with Crippen molar-refractivity contribution in [3.8, 4) is 0 Å². The third kappa shape index (κ3) is 4.29. The van der Waals surface area contributed by atoms with E-state index in [0.29, 0.717) is 13.1 Å². The number of H-pyrrole nitrogens is 1. The van der Waals surface area contributed by atoms with E-state index in [2.05, 4.69) is 10.2 Å². The van der Waals surface area contributed by atoms with Crippen LogP contribution in [0.2, 0.25) is 0 Å². The molecule has 0 radical (unpaired) electrons. The molecule has 1 aromatic rings. The molecule has 1 heterocycles. The van der Waals surface area contributed by atoms with E-state index >= 15 is 0 Å². The van der Waals surface area contributed by atoms with Crippen molar-refractivity contribution in [2.75, 3.05) is 33.7 Å². The summed E-state index contributed by atoms with van der Waals surface area (Å²) in [6.07, 6.45) is 0.891.